The molecular weight excluding hydrogens is 240 g/mol. The van der Waals surface area contributed by atoms with Crippen LogP contribution in [0.4, 0.5) is 5.69 Å². The zero-order valence-electron chi connectivity index (χ0n) is 11.5. The van der Waals surface area contributed by atoms with Crippen LogP contribution in [-0.4, -0.2) is 18.4 Å². The number of hydrogen-bond donors (Lipinski definition) is 1. The minimum Gasteiger partial charge on any atom is -0.369 e. The lowest BCUT2D eigenvalue weighted by Crippen LogP contribution is -2.29. The highest BCUT2D eigenvalue weighted by atomic mass is 16.2. The van der Waals surface area contributed by atoms with Gasteiger partial charge in [-0.1, -0.05) is 32.0 Å². The van der Waals surface area contributed by atoms with Gasteiger partial charge in [-0.2, -0.15) is 0 Å². The van der Waals surface area contributed by atoms with E-state index in [1.807, 2.05) is 18.2 Å². The third-order valence-corrected chi connectivity index (χ3v) is 3.76. The number of nitrogens with two attached hydrogens (primary N) is 1. The molecule has 2 rings (SSSR count). The average Bonchev–Trinajstić information content (AvgIpc) is 2.79. The first kappa shape index (κ1) is 13.6. The van der Waals surface area contributed by atoms with Crippen LogP contribution in [0, 0.1) is 5.92 Å². The van der Waals surface area contributed by atoms with Gasteiger partial charge in [-0.05, 0) is 24.0 Å². The van der Waals surface area contributed by atoms with Gasteiger partial charge in [-0.15, -0.1) is 0 Å². The van der Waals surface area contributed by atoms with E-state index in [1.165, 1.54) is 0 Å². The lowest BCUT2D eigenvalue weighted by atomic mass is 10.0. The Kier molecular flexibility index (Phi) is 3.88. The van der Waals surface area contributed by atoms with Gasteiger partial charge >= 0.3 is 0 Å². The van der Waals surface area contributed by atoms with Crippen LogP contribution in [0.15, 0.2) is 18.2 Å². The molecule has 0 radical (unpaired) electrons. The van der Waals surface area contributed by atoms with E-state index >= 15 is 0 Å². The summed E-state index contributed by atoms with van der Waals surface area (Å²) in [6.45, 7) is 4.56. The highest BCUT2D eigenvalue weighted by Crippen LogP contribution is 2.32. The molecule has 19 heavy (non-hydrogen) atoms. The maximum absolute atomic E-state index is 12.1. The Balaban J connectivity index is 2.41. The van der Waals surface area contributed by atoms with E-state index in [4.69, 9.17) is 5.73 Å². The Morgan fingerprint density at radius 3 is 2.32 bits per heavy atom. The van der Waals surface area contributed by atoms with E-state index < -0.39 is 0 Å². The van der Waals surface area contributed by atoms with Crippen LogP contribution >= 0.6 is 0 Å². The summed E-state index contributed by atoms with van der Waals surface area (Å²) in [6.07, 6.45) is 1.97. The fourth-order valence-corrected chi connectivity index (χ4v) is 2.68. The number of rotatable bonds is 4. The van der Waals surface area contributed by atoms with E-state index in [1.54, 1.807) is 4.90 Å². The van der Waals surface area contributed by atoms with Gasteiger partial charge < -0.3 is 10.6 Å². The number of amides is 2. The van der Waals surface area contributed by atoms with E-state index in [2.05, 4.69) is 13.8 Å². The molecule has 0 aromatic heterocycles. The molecular formula is C15H20N2O2. The fraction of sp³-hybridized carbons (Fsp3) is 0.467. The van der Waals surface area contributed by atoms with Crippen molar-refractivity contribution in [1.29, 1.82) is 0 Å². The van der Waals surface area contributed by atoms with Crippen molar-refractivity contribution in [3.05, 3.63) is 29.3 Å². The van der Waals surface area contributed by atoms with E-state index in [0.29, 0.717) is 6.54 Å². The van der Waals surface area contributed by atoms with Crippen molar-refractivity contribution in [2.45, 2.75) is 33.1 Å². The maximum Gasteiger partial charge on any atom is 0.227 e. The van der Waals surface area contributed by atoms with Crippen LogP contribution in [0.2, 0.25) is 0 Å². The molecule has 4 nitrogen and oxygen atoms in total. The van der Waals surface area contributed by atoms with Crippen LogP contribution in [0.25, 0.3) is 0 Å². The molecule has 1 aromatic carbocycles. The van der Waals surface area contributed by atoms with Gasteiger partial charge in [-0.25, -0.2) is 0 Å². The SMILES string of the molecule is CCc1cccc(CC)c1N1CC(C(N)=O)CC1=O. The molecule has 0 saturated carbocycles. The quantitative estimate of drug-likeness (QED) is 0.894. The summed E-state index contributed by atoms with van der Waals surface area (Å²) < 4.78 is 0. The highest BCUT2D eigenvalue weighted by molar-refractivity contribution is 6.01. The highest BCUT2D eigenvalue weighted by Gasteiger charge is 2.35. The number of benzene rings is 1. The summed E-state index contributed by atoms with van der Waals surface area (Å²) in [6, 6.07) is 6.10. The Labute approximate surface area is 113 Å². The summed E-state index contributed by atoms with van der Waals surface area (Å²) in [4.78, 5) is 25.2. The maximum atomic E-state index is 12.1. The summed E-state index contributed by atoms with van der Waals surface area (Å²) in [5.41, 5.74) is 8.61. The van der Waals surface area contributed by atoms with Gasteiger partial charge in [0.25, 0.3) is 0 Å². The summed E-state index contributed by atoms with van der Waals surface area (Å²) in [7, 11) is 0. The number of aryl methyl sites for hydroxylation is 2. The number of nitrogens with zero attached hydrogens (tertiary/aromatic N) is 1. The summed E-state index contributed by atoms with van der Waals surface area (Å²) >= 11 is 0. The standard InChI is InChI=1S/C15H20N2O2/c1-3-10-6-5-7-11(4-2)14(10)17-9-12(15(16)19)8-13(17)18/h5-7,12H,3-4,8-9H2,1-2H3,(H2,16,19). The lowest BCUT2D eigenvalue weighted by Gasteiger charge is -2.23. The summed E-state index contributed by atoms with van der Waals surface area (Å²) in [5, 5.41) is 0. The molecule has 1 fully saturated rings. The van der Waals surface area contributed by atoms with Crippen molar-refractivity contribution in [3.63, 3.8) is 0 Å². The third kappa shape index (κ3) is 2.48. The van der Waals surface area contributed by atoms with E-state index in [0.717, 1.165) is 29.7 Å². The first-order valence-electron chi connectivity index (χ1n) is 6.78. The van der Waals surface area contributed by atoms with E-state index in [9.17, 15) is 9.59 Å². The molecule has 1 aliphatic heterocycles. The van der Waals surface area contributed by atoms with Crippen molar-refractivity contribution in [1.82, 2.24) is 0 Å². The van der Waals surface area contributed by atoms with Gasteiger partial charge in [0.1, 0.15) is 0 Å². The number of carbonyl (C=O) groups is 2. The minimum atomic E-state index is -0.386. The Morgan fingerprint density at radius 1 is 1.32 bits per heavy atom. The Bertz CT molecular complexity index is 489. The second-order valence-corrected chi connectivity index (χ2v) is 4.94. The molecule has 0 bridgehead atoms. The van der Waals surface area contributed by atoms with Crippen LogP contribution in [-0.2, 0) is 22.4 Å². The largest absolute Gasteiger partial charge is 0.369 e. The number of primary amides is 1. The van der Waals surface area contributed by atoms with Crippen molar-refractivity contribution >= 4 is 17.5 Å². The van der Waals surface area contributed by atoms with Crippen LogP contribution in [0.5, 0.6) is 0 Å². The normalized spacial score (nSPS) is 18.9. The second-order valence-electron chi connectivity index (χ2n) is 4.94. The molecule has 1 saturated heterocycles. The predicted molar refractivity (Wildman–Crippen MR) is 74.9 cm³/mol. The minimum absolute atomic E-state index is 0.000556. The molecule has 1 aliphatic rings. The Morgan fingerprint density at radius 2 is 1.89 bits per heavy atom. The van der Waals surface area contributed by atoms with Crippen molar-refractivity contribution < 1.29 is 9.59 Å². The van der Waals surface area contributed by atoms with Gasteiger partial charge in [-0.3, -0.25) is 9.59 Å². The Hall–Kier alpha value is -1.84. The van der Waals surface area contributed by atoms with Crippen molar-refractivity contribution in [3.8, 4) is 0 Å². The van der Waals surface area contributed by atoms with Gasteiger partial charge in [0.05, 0.1) is 5.92 Å². The molecule has 4 heteroatoms. The lowest BCUT2D eigenvalue weighted by molar-refractivity contribution is -0.123. The molecule has 2 N–H and O–H groups in total. The smallest absolute Gasteiger partial charge is 0.227 e. The molecule has 1 atom stereocenters. The predicted octanol–water partition coefficient (Wildman–Crippen LogP) is 1.65. The summed E-state index contributed by atoms with van der Waals surface area (Å²) in [5.74, 6) is -0.746. The second kappa shape index (κ2) is 5.43. The fourth-order valence-electron chi connectivity index (χ4n) is 2.68. The molecule has 0 aliphatic carbocycles. The average molecular weight is 260 g/mol. The first-order chi connectivity index (χ1) is 9.08. The van der Waals surface area contributed by atoms with Crippen LogP contribution < -0.4 is 10.6 Å². The first-order valence-corrected chi connectivity index (χ1v) is 6.78. The van der Waals surface area contributed by atoms with Gasteiger partial charge in [0, 0.05) is 18.7 Å². The monoisotopic (exact) mass is 260 g/mol. The van der Waals surface area contributed by atoms with Crippen molar-refractivity contribution in [2.75, 3.05) is 11.4 Å². The zero-order valence-corrected chi connectivity index (χ0v) is 11.5. The van der Waals surface area contributed by atoms with Gasteiger partial charge in [0.2, 0.25) is 11.8 Å². The number of hydrogen-bond acceptors (Lipinski definition) is 2. The number of anilines is 1. The van der Waals surface area contributed by atoms with Crippen LogP contribution in [0.1, 0.15) is 31.4 Å². The molecule has 1 unspecified atom stereocenters. The number of para-hydroxylation sites is 1. The zero-order chi connectivity index (χ0) is 14.0. The third-order valence-electron chi connectivity index (χ3n) is 3.76. The van der Waals surface area contributed by atoms with Crippen LogP contribution in [0.3, 0.4) is 0 Å². The molecule has 0 spiro atoms. The van der Waals surface area contributed by atoms with Gasteiger partial charge in [0.15, 0.2) is 0 Å². The topological polar surface area (TPSA) is 63.4 Å². The number of carbonyl (C=O) groups excluding carboxylic acids is 2. The molecule has 2 amide bonds. The van der Waals surface area contributed by atoms with Crippen molar-refractivity contribution in [2.24, 2.45) is 11.7 Å². The molecule has 1 heterocycles. The molecule has 102 valence electrons. The van der Waals surface area contributed by atoms with E-state index in [-0.39, 0.29) is 24.2 Å². The molecule has 1 aromatic rings.